The highest BCUT2D eigenvalue weighted by Crippen LogP contribution is 2.07. The summed E-state index contributed by atoms with van der Waals surface area (Å²) in [5, 5.41) is 2.20. The molecule has 1 aromatic carbocycles. The standard InChI is InChI=1S/C15H22N2O3/c1-4-17(10-13-8-6-7-12(3)9-13)11-14(18)16-15(19)20-5-2/h6-9H,4-5,10-11H2,1-3H3,(H,16,18,19). The molecule has 0 unspecified atom stereocenters. The van der Waals surface area contributed by atoms with Gasteiger partial charge in [0.05, 0.1) is 13.2 Å². The maximum atomic E-state index is 11.7. The predicted octanol–water partition coefficient (Wildman–Crippen LogP) is 2.09. The zero-order valence-corrected chi connectivity index (χ0v) is 12.3. The van der Waals surface area contributed by atoms with E-state index in [0.29, 0.717) is 6.54 Å². The Hall–Kier alpha value is -1.88. The van der Waals surface area contributed by atoms with E-state index in [0.717, 1.165) is 12.1 Å². The van der Waals surface area contributed by atoms with Crippen molar-refractivity contribution in [1.29, 1.82) is 0 Å². The second-order valence-electron chi connectivity index (χ2n) is 4.56. The van der Waals surface area contributed by atoms with Gasteiger partial charge in [-0.15, -0.1) is 0 Å². The number of imide groups is 1. The molecule has 1 N–H and O–H groups in total. The average Bonchev–Trinajstić information content (AvgIpc) is 2.38. The second-order valence-corrected chi connectivity index (χ2v) is 4.56. The van der Waals surface area contributed by atoms with E-state index in [9.17, 15) is 9.59 Å². The van der Waals surface area contributed by atoms with Crippen molar-refractivity contribution >= 4 is 12.0 Å². The van der Waals surface area contributed by atoms with Crippen molar-refractivity contribution in [3.8, 4) is 0 Å². The van der Waals surface area contributed by atoms with Gasteiger partial charge in [0.15, 0.2) is 0 Å². The summed E-state index contributed by atoms with van der Waals surface area (Å²) in [6.45, 7) is 7.53. The molecule has 0 atom stereocenters. The highest BCUT2D eigenvalue weighted by atomic mass is 16.5. The van der Waals surface area contributed by atoms with Crippen LogP contribution in [-0.4, -0.2) is 36.6 Å². The minimum atomic E-state index is -0.691. The highest BCUT2D eigenvalue weighted by Gasteiger charge is 2.13. The molecule has 0 aliphatic carbocycles. The number of likely N-dealkylation sites (N-methyl/N-ethyl adjacent to an activating group) is 1. The summed E-state index contributed by atoms with van der Waals surface area (Å²) >= 11 is 0. The van der Waals surface area contributed by atoms with Gasteiger partial charge in [0, 0.05) is 6.54 Å². The molecule has 2 amide bonds. The van der Waals surface area contributed by atoms with Crippen LogP contribution in [0.4, 0.5) is 4.79 Å². The second kappa shape index (κ2) is 8.32. The van der Waals surface area contributed by atoms with Crippen molar-refractivity contribution in [1.82, 2.24) is 10.2 Å². The van der Waals surface area contributed by atoms with Gasteiger partial charge >= 0.3 is 6.09 Å². The van der Waals surface area contributed by atoms with Gasteiger partial charge in [0.2, 0.25) is 5.91 Å². The molecule has 0 heterocycles. The molecule has 110 valence electrons. The highest BCUT2D eigenvalue weighted by molar-refractivity contribution is 5.92. The fraction of sp³-hybridized carbons (Fsp3) is 0.467. The Kier molecular flexibility index (Phi) is 6.73. The van der Waals surface area contributed by atoms with Crippen LogP contribution in [0.1, 0.15) is 25.0 Å². The first kappa shape index (κ1) is 16.2. The van der Waals surface area contributed by atoms with Crippen LogP contribution in [0.15, 0.2) is 24.3 Å². The Morgan fingerprint density at radius 1 is 1.30 bits per heavy atom. The lowest BCUT2D eigenvalue weighted by atomic mass is 10.1. The summed E-state index contributed by atoms with van der Waals surface area (Å²) in [7, 11) is 0. The van der Waals surface area contributed by atoms with Gasteiger partial charge in [-0.05, 0) is 26.0 Å². The first-order chi connectivity index (χ1) is 9.55. The van der Waals surface area contributed by atoms with Crippen molar-refractivity contribution in [3.05, 3.63) is 35.4 Å². The van der Waals surface area contributed by atoms with E-state index >= 15 is 0 Å². The molecule has 0 saturated heterocycles. The van der Waals surface area contributed by atoms with Gasteiger partial charge in [-0.1, -0.05) is 36.8 Å². The summed E-state index contributed by atoms with van der Waals surface area (Å²) in [6, 6.07) is 8.15. The lowest BCUT2D eigenvalue weighted by Gasteiger charge is -2.19. The SMILES string of the molecule is CCOC(=O)NC(=O)CN(CC)Cc1cccc(C)c1. The van der Waals surface area contributed by atoms with E-state index in [1.54, 1.807) is 6.92 Å². The Morgan fingerprint density at radius 2 is 2.05 bits per heavy atom. The van der Waals surface area contributed by atoms with E-state index in [2.05, 4.69) is 16.1 Å². The quantitative estimate of drug-likeness (QED) is 0.865. The molecule has 0 aromatic heterocycles. The van der Waals surface area contributed by atoms with Crippen molar-refractivity contribution in [3.63, 3.8) is 0 Å². The smallest absolute Gasteiger partial charge is 0.413 e. The van der Waals surface area contributed by atoms with Gasteiger partial charge in [0.25, 0.3) is 0 Å². The van der Waals surface area contributed by atoms with Crippen LogP contribution in [0.2, 0.25) is 0 Å². The van der Waals surface area contributed by atoms with Gasteiger partial charge in [-0.25, -0.2) is 4.79 Å². The molecule has 0 fully saturated rings. The third-order valence-corrected chi connectivity index (χ3v) is 2.82. The van der Waals surface area contributed by atoms with Crippen molar-refractivity contribution in [2.75, 3.05) is 19.7 Å². The van der Waals surface area contributed by atoms with Crippen molar-refractivity contribution in [2.45, 2.75) is 27.3 Å². The lowest BCUT2D eigenvalue weighted by molar-refractivity contribution is -0.121. The third kappa shape index (κ3) is 5.84. The third-order valence-electron chi connectivity index (χ3n) is 2.82. The predicted molar refractivity (Wildman–Crippen MR) is 77.3 cm³/mol. The molecule has 5 heteroatoms. The Morgan fingerprint density at radius 3 is 2.65 bits per heavy atom. The number of carbonyl (C=O) groups excluding carboxylic acids is 2. The van der Waals surface area contributed by atoms with Crippen LogP contribution >= 0.6 is 0 Å². The summed E-state index contributed by atoms with van der Waals surface area (Å²) in [5.41, 5.74) is 2.34. The number of rotatable bonds is 6. The van der Waals surface area contributed by atoms with Crippen molar-refractivity contribution in [2.24, 2.45) is 0 Å². The van der Waals surface area contributed by atoms with Crippen LogP contribution in [0, 0.1) is 6.92 Å². The number of carbonyl (C=O) groups is 2. The first-order valence-corrected chi connectivity index (χ1v) is 6.79. The Labute approximate surface area is 119 Å². The van der Waals surface area contributed by atoms with Gasteiger partial charge in [-0.2, -0.15) is 0 Å². The monoisotopic (exact) mass is 278 g/mol. The minimum Gasteiger partial charge on any atom is -0.450 e. The number of hydrogen-bond donors (Lipinski definition) is 1. The molecule has 1 aromatic rings. The zero-order valence-electron chi connectivity index (χ0n) is 12.3. The van der Waals surface area contributed by atoms with Gasteiger partial charge in [0.1, 0.15) is 0 Å². The molecule has 5 nitrogen and oxygen atoms in total. The summed E-state index contributed by atoms with van der Waals surface area (Å²) in [4.78, 5) is 24.8. The number of aryl methyl sites for hydroxylation is 1. The molecule has 0 bridgehead atoms. The lowest BCUT2D eigenvalue weighted by Crippen LogP contribution is -2.40. The molecule has 0 radical (unpaired) electrons. The van der Waals surface area contributed by atoms with E-state index in [1.807, 2.05) is 36.9 Å². The number of benzene rings is 1. The van der Waals surface area contributed by atoms with E-state index < -0.39 is 6.09 Å². The number of ether oxygens (including phenoxy) is 1. The summed E-state index contributed by atoms with van der Waals surface area (Å²) in [6.07, 6.45) is -0.691. The molecule has 20 heavy (non-hydrogen) atoms. The largest absolute Gasteiger partial charge is 0.450 e. The summed E-state index contributed by atoms with van der Waals surface area (Å²) < 4.78 is 4.67. The Bertz CT molecular complexity index is 460. The van der Waals surface area contributed by atoms with Crippen LogP contribution in [-0.2, 0) is 16.1 Å². The minimum absolute atomic E-state index is 0.170. The molecule has 0 saturated carbocycles. The Balaban J connectivity index is 2.50. The number of amides is 2. The average molecular weight is 278 g/mol. The summed E-state index contributed by atoms with van der Waals surface area (Å²) in [5.74, 6) is -0.349. The number of alkyl carbamates (subject to hydrolysis) is 1. The van der Waals surface area contributed by atoms with Crippen LogP contribution in [0.5, 0.6) is 0 Å². The molecule has 1 rings (SSSR count). The molecular formula is C15H22N2O3. The number of nitrogens with zero attached hydrogens (tertiary/aromatic N) is 1. The van der Waals surface area contributed by atoms with Crippen molar-refractivity contribution < 1.29 is 14.3 Å². The van der Waals surface area contributed by atoms with E-state index in [1.165, 1.54) is 5.56 Å². The fourth-order valence-corrected chi connectivity index (χ4v) is 1.87. The van der Waals surface area contributed by atoms with Gasteiger partial charge in [-0.3, -0.25) is 15.0 Å². The van der Waals surface area contributed by atoms with Crippen LogP contribution in [0.3, 0.4) is 0 Å². The molecular weight excluding hydrogens is 256 g/mol. The number of nitrogens with one attached hydrogen (secondary N) is 1. The first-order valence-electron chi connectivity index (χ1n) is 6.79. The molecule has 0 aliphatic heterocycles. The fourth-order valence-electron chi connectivity index (χ4n) is 1.87. The topological polar surface area (TPSA) is 58.6 Å². The zero-order chi connectivity index (χ0) is 15.0. The van der Waals surface area contributed by atoms with Gasteiger partial charge < -0.3 is 4.74 Å². The maximum absolute atomic E-state index is 11.7. The normalized spacial score (nSPS) is 10.4. The molecule has 0 spiro atoms. The van der Waals surface area contributed by atoms with Crippen LogP contribution < -0.4 is 5.32 Å². The molecule has 0 aliphatic rings. The van der Waals surface area contributed by atoms with E-state index in [4.69, 9.17) is 0 Å². The van der Waals surface area contributed by atoms with Crippen LogP contribution in [0.25, 0.3) is 0 Å². The number of hydrogen-bond acceptors (Lipinski definition) is 4. The van der Waals surface area contributed by atoms with E-state index in [-0.39, 0.29) is 19.1 Å². The maximum Gasteiger partial charge on any atom is 0.413 e.